The Morgan fingerprint density at radius 1 is 1.35 bits per heavy atom. The fraction of sp³-hybridized carbons (Fsp3) is 0.278. The van der Waals surface area contributed by atoms with Gasteiger partial charge in [0.2, 0.25) is 5.95 Å². The van der Waals surface area contributed by atoms with E-state index >= 15 is 0 Å². The van der Waals surface area contributed by atoms with E-state index in [1.54, 1.807) is 36.3 Å². The molecule has 1 atom stereocenters. The summed E-state index contributed by atoms with van der Waals surface area (Å²) in [5.74, 6) is -0.0218. The van der Waals surface area contributed by atoms with Crippen LogP contribution in [0.25, 0.3) is 11.3 Å². The standard InChI is InChI=1S/C18H20FN5O2/c1-11-7-20-18(22-14-8-21-24(3)9-14)23-17(11)13-4-5-16(15(19)6-13)26-10-12(2)25/h4-9,12,25H,10H2,1-3H3,(H,20,22,23)/t12-/m1/s1. The molecule has 1 aromatic carbocycles. The predicted molar refractivity (Wildman–Crippen MR) is 95.8 cm³/mol. The van der Waals surface area contributed by atoms with Crippen molar-refractivity contribution < 1.29 is 14.2 Å². The van der Waals surface area contributed by atoms with Crippen molar-refractivity contribution in [3.8, 4) is 17.0 Å². The lowest BCUT2D eigenvalue weighted by Crippen LogP contribution is -2.13. The van der Waals surface area contributed by atoms with E-state index in [-0.39, 0.29) is 12.4 Å². The second kappa shape index (κ2) is 7.49. The van der Waals surface area contributed by atoms with Gasteiger partial charge >= 0.3 is 0 Å². The van der Waals surface area contributed by atoms with Gasteiger partial charge < -0.3 is 15.2 Å². The summed E-state index contributed by atoms with van der Waals surface area (Å²) in [5, 5.41) is 16.4. The fourth-order valence-corrected chi connectivity index (χ4v) is 2.38. The Kier molecular flexibility index (Phi) is 5.13. The maximum atomic E-state index is 14.3. The van der Waals surface area contributed by atoms with E-state index in [4.69, 9.17) is 4.74 Å². The number of anilines is 2. The number of aryl methyl sites for hydroxylation is 2. The lowest BCUT2D eigenvalue weighted by atomic mass is 10.1. The Labute approximate surface area is 150 Å². The van der Waals surface area contributed by atoms with Crippen LogP contribution in [0.4, 0.5) is 16.0 Å². The largest absolute Gasteiger partial charge is 0.488 e. The summed E-state index contributed by atoms with van der Waals surface area (Å²) in [6.45, 7) is 3.47. The SMILES string of the molecule is Cc1cnc(Nc2cnn(C)c2)nc1-c1ccc(OC[C@@H](C)O)c(F)c1. The molecular weight excluding hydrogens is 337 g/mol. The van der Waals surface area contributed by atoms with Crippen molar-refractivity contribution in [3.05, 3.63) is 48.2 Å². The average Bonchev–Trinajstić information content (AvgIpc) is 3.00. The van der Waals surface area contributed by atoms with E-state index in [0.717, 1.165) is 11.3 Å². The van der Waals surface area contributed by atoms with Crippen molar-refractivity contribution in [2.45, 2.75) is 20.0 Å². The molecule has 0 aliphatic carbocycles. The third-order valence-electron chi connectivity index (χ3n) is 3.62. The smallest absolute Gasteiger partial charge is 0.227 e. The Balaban J connectivity index is 1.86. The highest BCUT2D eigenvalue weighted by atomic mass is 19.1. The summed E-state index contributed by atoms with van der Waals surface area (Å²) in [6.07, 6.45) is 4.48. The highest BCUT2D eigenvalue weighted by molar-refractivity contribution is 5.65. The van der Waals surface area contributed by atoms with Gasteiger partial charge in [0, 0.05) is 25.0 Å². The number of ether oxygens (including phenoxy) is 1. The fourth-order valence-electron chi connectivity index (χ4n) is 2.38. The van der Waals surface area contributed by atoms with E-state index in [1.807, 2.05) is 14.0 Å². The Morgan fingerprint density at radius 2 is 2.15 bits per heavy atom. The molecule has 0 fully saturated rings. The zero-order valence-corrected chi connectivity index (χ0v) is 14.8. The van der Waals surface area contributed by atoms with Gasteiger partial charge in [-0.2, -0.15) is 5.10 Å². The Hall–Kier alpha value is -3.00. The molecule has 0 aliphatic heterocycles. The maximum Gasteiger partial charge on any atom is 0.227 e. The summed E-state index contributed by atoms with van der Waals surface area (Å²) in [6, 6.07) is 4.62. The lowest BCUT2D eigenvalue weighted by Gasteiger charge is -2.11. The lowest BCUT2D eigenvalue weighted by molar-refractivity contribution is 0.120. The maximum absolute atomic E-state index is 14.3. The van der Waals surface area contributed by atoms with Crippen molar-refractivity contribution in [2.24, 2.45) is 7.05 Å². The molecule has 0 unspecified atom stereocenters. The van der Waals surface area contributed by atoms with Crippen molar-refractivity contribution in [2.75, 3.05) is 11.9 Å². The molecule has 3 rings (SSSR count). The van der Waals surface area contributed by atoms with Crippen LogP contribution in [0.5, 0.6) is 5.75 Å². The minimum Gasteiger partial charge on any atom is -0.488 e. The minimum absolute atomic E-state index is 0.0297. The van der Waals surface area contributed by atoms with Crippen molar-refractivity contribution in [1.29, 1.82) is 0 Å². The molecule has 3 aromatic rings. The molecule has 0 bridgehead atoms. The number of aliphatic hydroxyl groups is 1. The topological polar surface area (TPSA) is 85.1 Å². The first-order chi connectivity index (χ1) is 12.4. The number of nitrogens with one attached hydrogen (secondary N) is 1. The first-order valence-corrected chi connectivity index (χ1v) is 8.12. The zero-order valence-electron chi connectivity index (χ0n) is 14.8. The molecule has 0 aliphatic rings. The third-order valence-corrected chi connectivity index (χ3v) is 3.62. The number of hydrogen-bond acceptors (Lipinski definition) is 6. The molecule has 26 heavy (non-hydrogen) atoms. The van der Waals surface area contributed by atoms with E-state index in [1.165, 1.54) is 12.1 Å². The second-order valence-corrected chi connectivity index (χ2v) is 6.06. The molecule has 2 heterocycles. The highest BCUT2D eigenvalue weighted by Gasteiger charge is 2.12. The van der Waals surface area contributed by atoms with Gasteiger partial charge in [-0.25, -0.2) is 14.4 Å². The number of benzene rings is 1. The molecule has 0 saturated carbocycles. The van der Waals surface area contributed by atoms with Gasteiger partial charge in [0.25, 0.3) is 0 Å². The van der Waals surface area contributed by atoms with Crippen LogP contribution in [0.2, 0.25) is 0 Å². The predicted octanol–water partition coefficient (Wildman–Crippen LogP) is 2.83. The quantitative estimate of drug-likeness (QED) is 0.706. The Morgan fingerprint density at radius 3 is 2.81 bits per heavy atom. The number of rotatable bonds is 6. The summed E-state index contributed by atoms with van der Waals surface area (Å²) in [7, 11) is 1.82. The van der Waals surface area contributed by atoms with Gasteiger partial charge in [-0.05, 0) is 37.6 Å². The van der Waals surface area contributed by atoms with Crippen molar-refractivity contribution in [3.63, 3.8) is 0 Å². The number of aromatic nitrogens is 4. The third kappa shape index (κ3) is 4.15. The molecule has 7 nitrogen and oxygen atoms in total. The molecule has 0 saturated heterocycles. The average molecular weight is 357 g/mol. The van der Waals surface area contributed by atoms with Gasteiger partial charge in [0.05, 0.1) is 23.7 Å². The molecule has 2 N–H and O–H groups in total. The van der Waals surface area contributed by atoms with Crippen molar-refractivity contribution >= 4 is 11.6 Å². The van der Waals surface area contributed by atoms with Crippen LogP contribution in [-0.2, 0) is 7.05 Å². The van der Waals surface area contributed by atoms with E-state index < -0.39 is 11.9 Å². The van der Waals surface area contributed by atoms with Crippen LogP contribution < -0.4 is 10.1 Å². The van der Waals surface area contributed by atoms with Gasteiger partial charge in [-0.15, -0.1) is 0 Å². The van der Waals surface area contributed by atoms with Gasteiger partial charge in [-0.1, -0.05) is 0 Å². The summed E-state index contributed by atoms with van der Waals surface area (Å²) >= 11 is 0. The first kappa shape index (κ1) is 17.8. The monoisotopic (exact) mass is 357 g/mol. The molecule has 0 amide bonds. The van der Waals surface area contributed by atoms with E-state index in [9.17, 15) is 9.50 Å². The molecule has 0 radical (unpaired) electrons. The van der Waals surface area contributed by atoms with Gasteiger partial charge in [0.15, 0.2) is 11.6 Å². The van der Waals surface area contributed by atoms with E-state index in [2.05, 4.69) is 20.4 Å². The highest BCUT2D eigenvalue weighted by Crippen LogP contribution is 2.27. The number of nitrogens with zero attached hydrogens (tertiary/aromatic N) is 4. The normalized spacial score (nSPS) is 12.0. The summed E-state index contributed by atoms with van der Waals surface area (Å²) < 4.78 is 21.2. The van der Waals surface area contributed by atoms with Crippen molar-refractivity contribution in [1.82, 2.24) is 19.7 Å². The molecule has 8 heteroatoms. The molecule has 2 aromatic heterocycles. The molecule has 0 spiro atoms. The summed E-state index contributed by atoms with van der Waals surface area (Å²) in [4.78, 5) is 8.74. The van der Waals surface area contributed by atoms with Gasteiger partial charge in [-0.3, -0.25) is 4.68 Å². The van der Waals surface area contributed by atoms with Crippen LogP contribution in [0.1, 0.15) is 12.5 Å². The molecule has 136 valence electrons. The number of halogens is 1. The van der Waals surface area contributed by atoms with Gasteiger partial charge in [0.1, 0.15) is 6.61 Å². The van der Waals surface area contributed by atoms with Crippen LogP contribution in [0.3, 0.4) is 0 Å². The molecular formula is C18H20FN5O2. The minimum atomic E-state index is -0.667. The first-order valence-electron chi connectivity index (χ1n) is 8.12. The number of aliphatic hydroxyl groups excluding tert-OH is 1. The van der Waals surface area contributed by atoms with Crippen LogP contribution >= 0.6 is 0 Å². The zero-order chi connectivity index (χ0) is 18.7. The van der Waals surface area contributed by atoms with Crippen LogP contribution in [0, 0.1) is 12.7 Å². The Bertz CT molecular complexity index is 910. The second-order valence-electron chi connectivity index (χ2n) is 6.06. The van der Waals surface area contributed by atoms with Crippen LogP contribution in [0.15, 0.2) is 36.8 Å². The van der Waals surface area contributed by atoms with Crippen LogP contribution in [-0.4, -0.2) is 37.6 Å². The van der Waals surface area contributed by atoms with E-state index in [0.29, 0.717) is 17.2 Å². The number of hydrogen-bond donors (Lipinski definition) is 2. The summed E-state index contributed by atoms with van der Waals surface area (Å²) in [5.41, 5.74) is 2.81.